The van der Waals surface area contributed by atoms with Crippen molar-refractivity contribution in [2.45, 2.75) is 66.2 Å². The van der Waals surface area contributed by atoms with Crippen molar-refractivity contribution in [1.29, 1.82) is 0 Å². The maximum atomic E-state index is 12.9. The molecule has 0 unspecified atom stereocenters. The molecule has 0 N–H and O–H groups in total. The summed E-state index contributed by atoms with van der Waals surface area (Å²) in [7, 11) is 0. The summed E-state index contributed by atoms with van der Waals surface area (Å²) >= 11 is 0. The zero-order valence-electron chi connectivity index (χ0n) is 19.5. The van der Waals surface area contributed by atoms with Gasteiger partial charge in [0.05, 0.1) is 5.69 Å². The van der Waals surface area contributed by atoms with Crippen LogP contribution in [0.25, 0.3) is 5.65 Å². The molecule has 2 aliphatic heterocycles. The number of hydrogen-bond acceptors (Lipinski definition) is 4. The Labute approximate surface area is 184 Å². The molecule has 7 nitrogen and oxygen atoms in total. The third-order valence-corrected chi connectivity index (χ3v) is 7.05. The SMILES string of the molecule is CC(=O)N1CC[C@H](c2cc3nc(C)c(CCC(=O)N4C[C@@H](C)C[C@H](C)C4)c(C)n3n2)C1. The number of nitrogens with zero attached hydrogens (tertiary/aromatic N) is 5. The molecule has 31 heavy (non-hydrogen) atoms. The molecule has 2 fully saturated rings. The molecule has 0 saturated carbocycles. The zero-order valence-corrected chi connectivity index (χ0v) is 19.5. The van der Waals surface area contributed by atoms with Crippen molar-refractivity contribution in [1.82, 2.24) is 24.4 Å². The van der Waals surface area contributed by atoms with Crippen LogP contribution in [0.1, 0.15) is 68.6 Å². The van der Waals surface area contributed by atoms with Crippen molar-refractivity contribution in [3.8, 4) is 0 Å². The van der Waals surface area contributed by atoms with E-state index in [0.29, 0.717) is 24.7 Å². The van der Waals surface area contributed by atoms with Crippen LogP contribution in [0.3, 0.4) is 0 Å². The summed E-state index contributed by atoms with van der Waals surface area (Å²) in [6.45, 7) is 13.5. The molecule has 4 heterocycles. The molecule has 168 valence electrons. The fourth-order valence-electron chi connectivity index (χ4n) is 5.45. The van der Waals surface area contributed by atoms with E-state index in [4.69, 9.17) is 10.1 Å². The number of carbonyl (C=O) groups excluding carboxylic acids is 2. The van der Waals surface area contributed by atoms with E-state index in [1.54, 1.807) is 6.92 Å². The van der Waals surface area contributed by atoms with Crippen LogP contribution >= 0.6 is 0 Å². The molecule has 0 spiro atoms. The Bertz CT molecular complexity index is 988. The predicted octanol–water partition coefficient (Wildman–Crippen LogP) is 3.12. The lowest BCUT2D eigenvalue weighted by atomic mass is 9.91. The maximum absolute atomic E-state index is 12.9. The zero-order chi connectivity index (χ0) is 22.3. The van der Waals surface area contributed by atoms with Gasteiger partial charge in [-0.05, 0) is 50.5 Å². The van der Waals surface area contributed by atoms with Gasteiger partial charge in [-0.1, -0.05) is 13.8 Å². The number of fused-ring (bicyclic) bond motifs is 1. The molecule has 3 atom stereocenters. The second-order valence-electron chi connectivity index (χ2n) is 9.80. The minimum Gasteiger partial charge on any atom is -0.342 e. The van der Waals surface area contributed by atoms with Crippen LogP contribution in [-0.4, -0.2) is 62.4 Å². The summed E-state index contributed by atoms with van der Waals surface area (Å²) in [4.78, 5) is 33.3. The van der Waals surface area contributed by atoms with Crippen LogP contribution < -0.4 is 0 Å². The minimum atomic E-state index is 0.126. The molecule has 0 aromatic carbocycles. The largest absolute Gasteiger partial charge is 0.342 e. The summed E-state index contributed by atoms with van der Waals surface area (Å²) < 4.78 is 1.92. The van der Waals surface area contributed by atoms with Crippen LogP contribution in [0, 0.1) is 25.7 Å². The molecular formula is C24H35N5O2. The summed E-state index contributed by atoms with van der Waals surface area (Å²) in [5.41, 5.74) is 5.00. The van der Waals surface area contributed by atoms with E-state index in [-0.39, 0.29) is 17.7 Å². The second kappa shape index (κ2) is 8.60. The number of rotatable bonds is 4. The fraction of sp³-hybridized carbons (Fsp3) is 0.667. The summed E-state index contributed by atoms with van der Waals surface area (Å²) in [6, 6.07) is 2.06. The Hall–Kier alpha value is -2.44. The van der Waals surface area contributed by atoms with Gasteiger partial charge in [0.25, 0.3) is 0 Å². The van der Waals surface area contributed by atoms with E-state index in [1.807, 2.05) is 21.2 Å². The Morgan fingerprint density at radius 1 is 1.10 bits per heavy atom. The van der Waals surface area contributed by atoms with Gasteiger partial charge in [-0.25, -0.2) is 9.50 Å². The number of carbonyl (C=O) groups is 2. The molecular weight excluding hydrogens is 390 g/mol. The van der Waals surface area contributed by atoms with Crippen LogP contribution in [0.15, 0.2) is 6.07 Å². The number of amides is 2. The molecule has 2 amide bonds. The first-order valence-electron chi connectivity index (χ1n) is 11.6. The highest BCUT2D eigenvalue weighted by Gasteiger charge is 2.28. The Morgan fingerprint density at radius 2 is 1.81 bits per heavy atom. The smallest absolute Gasteiger partial charge is 0.222 e. The van der Waals surface area contributed by atoms with Crippen molar-refractivity contribution >= 4 is 17.5 Å². The molecule has 2 aliphatic rings. The first-order valence-corrected chi connectivity index (χ1v) is 11.6. The Kier molecular flexibility index (Phi) is 6.04. The van der Waals surface area contributed by atoms with Crippen molar-refractivity contribution in [2.75, 3.05) is 26.2 Å². The van der Waals surface area contributed by atoms with E-state index < -0.39 is 0 Å². The lowest BCUT2D eigenvalue weighted by Gasteiger charge is -2.35. The standard InChI is InChI=1S/C24H35N5O2/c1-15-10-16(2)13-28(12-15)24(31)7-6-21-17(3)25-23-11-22(26-29(23)18(21)4)20-8-9-27(14-20)19(5)30/h11,15-16,20H,6-10,12-14H2,1-5H3/t15-,16-,20-/m0/s1. The van der Waals surface area contributed by atoms with Crippen molar-refractivity contribution in [2.24, 2.45) is 11.8 Å². The van der Waals surface area contributed by atoms with Gasteiger partial charge in [-0.15, -0.1) is 0 Å². The number of aryl methyl sites for hydroxylation is 2. The van der Waals surface area contributed by atoms with E-state index in [2.05, 4.69) is 26.8 Å². The molecule has 2 aromatic heterocycles. The second-order valence-corrected chi connectivity index (χ2v) is 9.80. The van der Waals surface area contributed by atoms with Gasteiger partial charge in [-0.3, -0.25) is 9.59 Å². The summed E-state index contributed by atoms with van der Waals surface area (Å²) in [5.74, 6) is 1.78. The third-order valence-electron chi connectivity index (χ3n) is 7.05. The number of piperidine rings is 1. The maximum Gasteiger partial charge on any atom is 0.222 e. The van der Waals surface area contributed by atoms with E-state index in [1.165, 1.54) is 6.42 Å². The van der Waals surface area contributed by atoms with Gasteiger partial charge >= 0.3 is 0 Å². The normalized spacial score (nSPS) is 24.2. The first kappa shape index (κ1) is 21.8. The van der Waals surface area contributed by atoms with Gasteiger partial charge in [0.1, 0.15) is 0 Å². The van der Waals surface area contributed by atoms with E-state index in [9.17, 15) is 9.59 Å². The van der Waals surface area contributed by atoms with Crippen LogP contribution in [0.2, 0.25) is 0 Å². The number of likely N-dealkylation sites (tertiary alicyclic amines) is 2. The number of aromatic nitrogens is 3. The minimum absolute atomic E-state index is 0.126. The fourth-order valence-corrected chi connectivity index (χ4v) is 5.45. The molecule has 7 heteroatoms. The first-order chi connectivity index (χ1) is 14.7. The Balaban J connectivity index is 1.50. The van der Waals surface area contributed by atoms with Gasteiger partial charge in [-0.2, -0.15) is 5.10 Å². The lowest BCUT2D eigenvalue weighted by Crippen LogP contribution is -2.42. The predicted molar refractivity (Wildman–Crippen MR) is 120 cm³/mol. The average molecular weight is 426 g/mol. The molecule has 2 aromatic rings. The van der Waals surface area contributed by atoms with Crippen molar-refractivity contribution in [3.63, 3.8) is 0 Å². The van der Waals surface area contributed by atoms with Crippen molar-refractivity contribution < 1.29 is 9.59 Å². The van der Waals surface area contributed by atoms with Crippen LogP contribution in [0.4, 0.5) is 0 Å². The quantitative estimate of drug-likeness (QED) is 0.755. The topological polar surface area (TPSA) is 70.8 Å². The molecule has 0 radical (unpaired) electrons. The molecule has 0 bridgehead atoms. The van der Waals surface area contributed by atoms with Crippen LogP contribution in [0.5, 0.6) is 0 Å². The van der Waals surface area contributed by atoms with E-state index >= 15 is 0 Å². The summed E-state index contributed by atoms with van der Waals surface area (Å²) in [6.07, 6.45) is 3.35. The van der Waals surface area contributed by atoms with Gasteiger partial charge in [0, 0.05) is 62.9 Å². The van der Waals surface area contributed by atoms with Crippen LogP contribution in [-0.2, 0) is 16.0 Å². The van der Waals surface area contributed by atoms with Gasteiger partial charge in [0.2, 0.25) is 11.8 Å². The van der Waals surface area contributed by atoms with Crippen molar-refractivity contribution in [3.05, 3.63) is 28.7 Å². The monoisotopic (exact) mass is 425 g/mol. The summed E-state index contributed by atoms with van der Waals surface area (Å²) in [5, 5.41) is 4.85. The highest BCUT2D eigenvalue weighted by molar-refractivity contribution is 5.76. The van der Waals surface area contributed by atoms with Gasteiger partial charge < -0.3 is 9.80 Å². The highest BCUT2D eigenvalue weighted by atomic mass is 16.2. The lowest BCUT2D eigenvalue weighted by molar-refractivity contribution is -0.133. The van der Waals surface area contributed by atoms with Gasteiger partial charge in [0.15, 0.2) is 5.65 Å². The highest BCUT2D eigenvalue weighted by Crippen LogP contribution is 2.28. The molecule has 2 saturated heterocycles. The van der Waals surface area contributed by atoms with E-state index in [0.717, 1.165) is 60.9 Å². The molecule has 4 rings (SSSR count). The Morgan fingerprint density at radius 3 is 2.45 bits per heavy atom. The number of hydrogen-bond donors (Lipinski definition) is 0. The average Bonchev–Trinajstić information content (AvgIpc) is 3.34. The third kappa shape index (κ3) is 4.46. The molecule has 0 aliphatic carbocycles.